The van der Waals surface area contributed by atoms with Gasteiger partial charge in [0.2, 0.25) is 5.89 Å². The molecular formula is C17H15N3O5S. The van der Waals surface area contributed by atoms with Crippen LogP contribution in [0.4, 0.5) is 11.4 Å². The number of benzene rings is 1. The van der Waals surface area contributed by atoms with E-state index in [2.05, 4.69) is 4.98 Å². The van der Waals surface area contributed by atoms with Crippen LogP contribution < -0.4 is 4.90 Å². The zero-order valence-corrected chi connectivity index (χ0v) is 14.9. The van der Waals surface area contributed by atoms with Gasteiger partial charge in [0, 0.05) is 20.2 Å². The summed E-state index contributed by atoms with van der Waals surface area (Å²) < 4.78 is 10.5. The highest BCUT2D eigenvalue weighted by Crippen LogP contribution is 2.28. The summed E-state index contributed by atoms with van der Waals surface area (Å²) in [7, 11) is 3.38. The van der Waals surface area contributed by atoms with Crippen molar-refractivity contribution in [1.82, 2.24) is 4.98 Å². The number of rotatable bonds is 6. The molecule has 3 aromatic rings. The van der Waals surface area contributed by atoms with E-state index in [-0.39, 0.29) is 17.9 Å². The summed E-state index contributed by atoms with van der Waals surface area (Å²) in [5, 5.41) is 13.1. The van der Waals surface area contributed by atoms with Crippen molar-refractivity contribution in [3.05, 3.63) is 63.3 Å². The summed E-state index contributed by atoms with van der Waals surface area (Å²) in [6.07, 6.45) is 1.42. The van der Waals surface area contributed by atoms with Crippen molar-refractivity contribution < 1.29 is 18.9 Å². The molecular weight excluding hydrogens is 358 g/mol. The smallest absolute Gasteiger partial charge is 0.338 e. The van der Waals surface area contributed by atoms with Crippen LogP contribution in [-0.2, 0) is 11.3 Å². The maximum absolute atomic E-state index is 12.2. The Kier molecular flexibility index (Phi) is 4.99. The Morgan fingerprint density at radius 3 is 2.85 bits per heavy atom. The number of carbonyl (C=O) groups excluding carboxylic acids is 1. The van der Waals surface area contributed by atoms with Gasteiger partial charge in [0.1, 0.15) is 24.3 Å². The number of nitrogens with zero attached hydrogens (tertiary/aromatic N) is 3. The Balaban J connectivity index is 1.70. The zero-order valence-electron chi connectivity index (χ0n) is 14.0. The highest BCUT2D eigenvalue weighted by atomic mass is 32.1. The van der Waals surface area contributed by atoms with Crippen LogP contribution in [0.2, 0.25) is 0 Å². The number of ether oxygens (including phenoxy) is 1. The van der Waals surface area contributed by atoms with Gasteiger partial charge in [-0.25, -0.2) is 9.78 Å². The maximum Gasteiger partial charge on any atom is 0.338 e. The van der Waals surface area contributed by atoms with Crippen molar-refractivity contribution in [2.75, 3.05) is 19.0 Å². The van der Waals surface area contributed by atoms with Crippen molar-refractivity contribution in [2.45, 2.75) is 6.61 Å². The van der Waals surface area contributed by atoms with E-state index >= 15 is 0 Å². The summed E-state index contributed by atoms with van der Waals surface area (Å²) in [6.45, 7) is -0.0864. The minimum Gasteiger partial charge on any atom is -0.455 e. The largest absolute Gasteiger partial charge is 0.455 e. The molecule has 1 aromatic carbocycles. The van der Waals surface area contributed by atoms with Crippen LogP contribution in [0.1, 0.15) is 16.1 Å². The van der Waals surface area contributed by atoms with Crippen LogP contribution in [0.15, 0.2) is 46.4 Å². The van der Waals surface area contributed by atoms with Gasteiger partial charge in [-0.1, -0.05) is 6.07 Å². The number of thiophene rings is 1. The molecule has 0 aliphatic rings. The highest BCUT2D eigenvalue weighted by molar-refractivity contribution is 7.13. The first-order valence-electron chi connectivity index (χ1n) is 7.57. The van der Waals surface area contributed by atoms with Gasteiger partial charge in [-0.15, -0.1) is 11.3 Å². The van der Waals surface area contributed by atoms with Crippen LogP contribution in [0.5, 0.6) is 0 Å². The SMILES string of the molecule is CN(C)c1ccc(C(=O)OCc2coc(-c3cccs3)n2)cc1[N+](=O)[O-]. The number of anilines is 1. The first kappa shape index (κ1) is 17.6. The number of aromatic nitrogens is 1. The quantitative estimate of drug-likeness (QED) is 0.369. The molecule has 0 saturated heterocycles. The lowest BCUT2D eigenvalue weighted by molar-refractivity contribution is -0.384. The lowest BCUT2D eigenvalue weighted by Gasteiger charge is -2.13. The van der Waals surface area contributed by atoms with Crippen molar-refractivity contribution in [3.63, 3.8) is 0 Å². The highest BCUT2D eigenvalue weighted by Gasteiger charge is 2.20. The van der Waals surface area contributed by atoms with Gasteiger partial charge in [-0.05, 0) is 23.6 Å². The van der Waals surface area contributed by atoms with Gasteiger partial charge in [0.15, 0.2) is 0 Å². The van der Waals surface area contributed by atoms with E-state index in [1.54, 1.807) is 19.0 Å². The summed E-state index contributed by atoms with van der Waals surface area (Å²) in [5.74, 6) is -0.212. The third-order valence-electron chi connectivity index (χ3n) is 3.52. The molecule has 9 heteroatoms. The van der Waals surface area contributed by atoms with Crippen LogP contribution >= 0.6 is 11.3 Å². The monoisotopic (exact) mass is 373 g/mol. The van der Waals surface area contributed by atoms with E-state index in [1.165, 1.54) is 35.8 Å². The molecule has 0 atom stereocenters. The summed E-state index contributed by atoms with van der Waals surface area (Å²) >= 11 is 1.49. The second-order valence-electron chi connectivity index (χ2n) is 5.55. The van der Waals surface area contributed by atoms with E-state index in [1.807, 2.05) is 17.5 Å². The Bertz CT molecular complexity index is 934. The van der Waals surface area contributed by atoms with E-state index < -0.39 is 10.9 Å². The van der Waals surface area contributed by atoms with E-state index in [0.29, 0.717) is 17.3 Å². The number of oxazole rings is 1. The second kappa shape index (κ2) is 7.36. The molecule has 26 heavy (non-hydrogen) atoms. The topological polar surface area (TPSA) is 98.7 Å². The predicted octanol–water partition coefficient (Wildman–Crippen LogP) is 3.73. The summed E-state index contributed by atoms with van der Waals surface area (Å²) in [5.41, 5.74) is 0.806. The van der Waals surface area contributed by atoms with Crippen molar-refractivity contribution in [3.8, 4) is 10.8 Å². The molecule has 0 N–H and O–H groups in total. The first-order valence-corrected chi connectivity index (χ1v) is 8.45. The molecule has 3 rings (SSSR count). The van der Waals surface area contributed by atoms with Gasteiger partial charge in [0.25, 0.3) is 5.69 Å². The van der Waals surface area contributed by atoms with Gasteiger partial charge in [-0.3, -0.25) is 10.1 Å². The molecule has 0 unspecified atom stereocenters. The van der Waals surface area contributed by atoms with Crippen LogP contribution in [0, 0.1) is 10.1 Å². The van der Waals surface area contributed by atoms with Crippen molar-refractivity contribution in [2.24, 2.45) is 0 Å². The van der Waals surface area contributed by atoms with E-state index in [4.69, 9.17) is 9.15 Å². The fourth-order valence-electron chi connectivity index (χ4n) is 2.28. The van der Waals surface area contributed by atoms with Crippen LogP contribution in [0.3, 0.4) is 0 Å². The van der Waals surface area contributed by atoms with Crippen LogP contribution in [0.25, 0.3) is 10.8 Å². The lowest BCUT2D eigenvalue weighted by atomic mass is 10.1. The molecule has 0 aliphatic heterocycles. The molecule has 8 nitrogen and oxygen atoms in total. The van der Waals surface area contributed by atoms with Gasteiger partial charge in [0.05, 0.1) is 15.4 Å². The fraction of sp³-hybridized carbons (Fsp3) is 0.176. The normalized spacial score (nSPS) is 10.5. The first-order chi connectivity index (χ1) is 12.5. The average Bonchev–Trinajstić information content (AvgIpc) is 3.30. The molecule has 0 aliphatic carbocycles. The molecule has 0 saturated carbocycles. The number of carbonyl (C=O) groups is 1. The molecule has 0 spiro atoms. The molecule has 0 fully saturated rings. The Labute approximate surface area is 152 Å². The Hall–Kier alpha value is -3.20. The maximum atomic E-state index is 12.2. The van der Waals surface area contributed by atoms with Crippen molar-refractivity contribution in [1.29, 1.82) is 0 Å². The predicted molar refractivity (Wildman–Crippen MR) is 96.4 cm³/mol. The fourth-order valence-corrected chi connectivity index (χ4v) is 2.94. The van der Waals surface area contributed by atoms with Crippen molar-refractivity contribution >= 4 is 28.7 Å². The molecule has 0 amide bonds. The van der Waals surface area contributed by atoms with Gasteiger partial charge in [-0.2, -0.15) is 0 Å². The molecule has 0 bridgehead atoms. The standard InChI is InChI=1S/C17H15N3O5S/c1-19(2)13-6-5-11(8-14(13)20(22)23)17(21)25-10-12-9-24-16(18-12)15-4-3-7-26-15/h3-9H,10H2,1-2H3. The van der Waals surface area contributed by atoms with E-state index in [0.717, 1.165) is 4.88 Å². The Morgan fingerprint density at radius 1 is 1.38 bits per heavy atom. The van der Waals surface area contributed by atoms with E-state index in [9.17, 15) is 14.9 Å². The van der Waals surface area contributed by atoms with Crippen LogP contribution in [-0.4, -0.2) is 30.0 Å². The second-order valence-corrected chi connectivity index (χ2v) is 6.50. The average molecular weight is 373 g/mol. The molecule has 134 valence electrons. The number of nitro benzene ring substituents is 1. The minimum absolute atomic E-state index is 0.0864. The number of esters is 1. The lowest BCUT2D eigenvalue weighted by Crippen LogP contribution is -2.12. The van der Waals surface area contributed by atoms with Gasteiger partial charge < -0.3 is 14.1 Å². The number of nitro groups is 1. The summed E-state index contributed by atoms with van der Waals surface area (Å²) in [6, 6.07) is 7.97. The zero-order chi connectivity index (χ0) is 18.7. The molecule has 0 radical (unpaired) electrons. The summed E-state index contributed by atoms with van der Waals surface area (Å²) in [4.78, 5) is 29.6. The third kappa shape index (κ3) is 3.72. The number of hydrogen-bond donors (Lipinski definition) is 0. The Morgan fingerprint density at radius 2 is 2.19 bits per heavy atom. The third-order valence-corrected chi connectivity index (χ3v) is 4.38. The molecule has 2 aromatic heterocycles. The molecule has 2 heterocycles. The van der Waals surface area contributed by atoms with Gasteiger partial charge >= 0.3 is 5.97 Å². The minimum atomic E-state index is -0.668. The number of hydrogen-bond acceptors (Lipinski definition) is 8.